The smallest absolute Gasteiger partial charge is 0.410 e. The van der Waals surface area contributed by atoms with Crippen LogP contribution in [-0.2, 0) is 4.74 Å². The van der Waals surface area contributed by atoms with E-state index in [9.17, 15) is 4.79 Å². The fourth-order valence-corrected chi connectivity index (χ4v) is 1.67. The molecule has 0 saturated heterocycles. The predicted octanol–water partition coefficient (Wildman–Crippen LogP) is 4.01. The Morgan fingerprint density at radius 2 is 1.90 bits per heavy atom. The van der Waals surface area contributed by atoms with Gasteiger partial charge in [-0.3, -0.25) is 0 Å². The lowest BCUT2D eigenvalue weighted by molar-refractivity contribution is 0.0298. The molecule has 0 bridgehead atoms. The summed E-state index contributed by atoms with van der Waals surface area (Å²) in [7, 11) is 1.75. The van der Waals surface area contributed by atoms with Gasteiger partial charge >= 0.3 is 6.09 Å². The number of ether oxygens (including phenoxy) is 1. The zero-order chi connectivity index (χ0) is 15.2. The second-order valence-corrected chi connectivity index (χ2v) is 6.13. The molecule has 0 fully saturated rings. The molecule has 1 amide bonds. The van der Waals surface area contributed by atoms with Crippen LogP contribution in [0.15, 0.2) is 24.3 Å². The first-order valence-corrected chi connectivity index (χ1v) is 7.09. The number of anilines is 1. The van der Waals surface area contributed by atoms with Crippen molar-refractivity contribution in [3.63, 3.8) is 0 Å². The van der Waals surface area contributed by atoms with Crippen LogP contribution >= 0.6 is 11.6 Å². The molecule has 1 N–H and O–H groups in total. The van der Waals surface area contributed by atoms with E-state index in [1.807, 2.05) is 45.0 Å². The fourth-order valence-electron chi connectivity index (χ4n) is 1.55. The van der Waals surface area contributed by atoms with Crippen LogP contribution in [0.25, 0.3) is 0 Å². The summed E-state index contributed by atoms with van der Waals surface area (Å²) >= 11 is 5.82. The second-order valence-electron chi connectivity index (χ2n) is 5.69. The molecule has 4 nitrogen and oxygen atoms in total. The van der Waals surface area contributed by atoms with E-state index in [-0.39, 0.29) is 6.09 Å². The number of hydrogen-bond donors (Lipinski definition) is 1. The maximum absolute atomic E-state index is 11.7. The summed E-state index contributed by atoms with van der Waals surface area (Å²) in [6, 6.07) is 7.55. The van der Waals surface area contributed by atoms with Gasteiger partial charge in [-0.05, 0) is 51.5 Å². The highest BCUT2D eigenvalue weighted by atomic mass is 35.5. The molecule has 0 heterocycles. The number of nitrogens with zero attached hydrogens (tertiary/aromatic N) is 1. The van der Waals surface area contributed by atoms with Gasteiger partial charge in [-0.1, -0.05) is 11.6 Å². The molecular formula is C15H23ClN2O2. The Kier molecular flexibility index (Phi) is 6.14. The lowest BCUT2D eigenvalue weighted by Gasteiger charge is -2.24. The first-order chi connectivity index (χ1) is 9.28. The van der Waals surface area contributed by atoms with Crippen LogP contribution in [0.4, 0.5) is 10.5 Å². The van der Waals surface area contributed by atoms with E-state index >= 15 is 0 Å². The van der Waals surface area contributed by atoms with Gasteiger partial charge in [-0.2, -0.15) is 0 Å². The number of hydrogen-bond acceptors (Lipinski definition) is 3. The molecule has 0 unspecified atom stereocenters. The van der Waals surface area contributed by atoms with Gasteiger partial charge in [-0.15, -0.1) is 0 Å². The van der Waals surface area contributed by atoms with E-state index in [2.05, 4.69) is 5.32 Å². The molecule has 0 aliphatic rings. The third-order valence-electron chi connectivity index (χ3n) is 2.55. The van der Waals surface area contributed by atoms with Gasteiger partial charge in [0.05, 0.1) is 0 Å². The van der Waals surface area contributed by atoms with Crippen molar-refractivity contribution >= 4 is 23.4 Å². The molecule has 112 valence electrons. The lowest BCUT2D eigenvalue weighted by atomic mass is 10.2. The predicted molar refractivity (Wildman–Crippen MR) is 83.4 cm³/mol. The number of nitrogens with one attached hydrogen (secondary N) is 1. The average molecular weight is 299 g/mol. The Bertz CT molecular complexity index is 426. The normalized spacial score (nSPS) is 11.1. The SMILES string of the molecule is CN(CCCNc1ccc(Cl)cc1)C(=O)OC(C)(C)C. The van der Waals surface area contributed by atoms with Gasteiger partial charge in [0.25, 0.3) is 0 Å². The maximum atomic E-state index is 11.7. The first kappa shape index (κ1) is 16.6. The minimum Gasteiger partial charge on any atom is -0.444 e. The average Bonchev–Trinajstić information content (AvgIpc) is 2.34. The summed E-state index contributed by atoms with van der Waals surface area (Å²) in [6.07, 6.45) is 0.558. The highest BCUT2D eigenvalue weighted by Gasteiger charge is 2.18. The summed E-state index contributed by atoms with van der Waals surface area (Å²) in [5.41, 5.74) is 0.571. The van der Waals surface area contributed by atoms with Crippen LogP contribution < -0.4 is 5.32 Å². The monoisotopic (exact) mass is 298 g/mol. The Morgan fingerprint density at radius 3 is 2.45 bits per heavy atom. The number of rotatable bonds is 5. The largest absolute Gasteiger partial charge is 0.444 e. The van der Waals surface area contributed by atoms with Gasteiger partial charge in [0, 0.05) is 30.8 Å². The van der Waals surface area contributed by atoms with Crippen molar-refractivity contribution in [2.75, 3.05) is 25.5 Å². The molecule has 0 aliphatic carbocycles. The van der Waals surface area contributed by atoms with Crippen LogP contribution in [0.3, 0.4) is 0 Å². The van der Waals surface area contributed by atoms with Crippen molar-refractivity contribution < 1.29 is 9.53 Å². The molecule has 0 spiro atoms. The molecule has 20 heavy (non-hydrogen) atoms. The quantitative estimate of drug-likeness (QED) is 0.835. The Morgan fingerprint density at radius 1 is 1.30 bits per heavy atom. The molecule has 1 rings (SSSR count). The molecule has 1 aromatic carbocycles. The number of carbonyl (C=O) groups is 1. The van der Waals surface area contributed by atoms with E-state index in [4.69, 9.17) is 16.3 Å². The molecule has 0 saturated carbocycles. The van der Waals surface area contributed by atoms with Gasteiger partial charge in [0.1, 0.15) is 5.60 Å². The van der Waals surface area contributed by atoms with Crippen LogP contribution in [0.1, 0.15) is 27.2 Å². The maximum Gasteiger partial charge on any atom is 0.410 e. The summed E-state index contributed by atoms with van der Waals surface area (Å²) in [4.78, 5) is 13.3. The number of halogens is 1. The van der Waals surface area contributed by atoms with E-state index < -0.39 is 5.60 Å². The standard InChI is InChI=1S/C15H23ClN2O2/c1-15(2,3)20-14(19)18(4)11-5-10-17-13-8-6-12(16)7-9-13/h6-9,17H,5,10-11H2,1-4H3. The third kappa shape index (κ3) is 6.66. The molecule has 0 radical (unpaired) electrons. The van der Waals surface area contributed by atoms with Crippen LogP contribution in [0.5, 0.6) is 0 Å². The fraction of sp³-hybridized carbons (Fsp3) is 0.533. The summed E-state index contributed by atoms with van der Waals surface area (Å²) in [5, 5.41) is 4.00. The molecule has 0 atom stereocenters. The van der Waals surface area contributed by atoms with E-state index in [0.717, 1.165) is 23.7 Å². The van der Waals surface area contributed by atoms with Crippen molar-refractivity contribution in [1.82, 2.24) is 4.90 Å². The minimum absolute atomic E-state index is 0.288. The van der Waals surface area contributed by atoms with Crippen LogP contribution in [-0.4, -0.2) is 36.7 Å². The van der Waals surface area contributed by atoms with Crippen molar-refractivity contribution in [1.29, 1.82) is 0 Å². The third-order valence-corrected chi connectivity index (χ3v) is 2.80. The van der Waals surface area contributed by atoms with Crippen LogP contribution in [0.2, 0.25) is 5.02 Å². The zero-order valence-electron chi connectivity index (χ0n) is 12.6. The van der Waals surface area contributed by atoms with Gasteiger partial charge in [-0.25, -0.2) is 4.79 Å². The number of carbonyl (C=O) groups excluding carboxylic acids is 1. The second kappa shape index (κ2) is 7.39. The lowest BCUT2D eigenvalue weighted by Crippen LogP contribution is -2.35. The van der Waals surface area contributed by atoms with E-state index in [1.165, 1.54) is 0 Å². The summed E-state index contributed by atoms with van der Waals surface area (Å²) < 4.78 is 5.28. The van der Waals surface area contributed by atoms with Crippen molar-refractivity contribution in [3.05, 3.63) is 29.3 Å². The first-order valence-electron chi connectivity index (χ1n) is 6.71. The van der Waals surface area contributed by atoms with Gasteiger partial charge < -0.3 is 15.0 Å². The van der Waals surface area contributed by atoms with Gasteiger partial charge in [0.2, 0.25) is 0 Å². The topological polar surface area (TPSA) is 41.6 Å². The summed E-state index contributed by atoms with van der Waals surface area (Å²) in [6.45, 7) is 7.02. The molecule has 0 aliphatic heterocycles. The minimum atomic E-state index is -0.451. The Balaban J connectivity index is 2.23. The Labute approximate surface area is 126 Å². The number of benzene rings is 1. The van der Waals surface area contributed by atoms with Crippen molar-refractivity contribution in [2.24, 2.45) is 0 Å². The molecule has 0 aromatic heterocycles. The highest BCUT2D eigenvalue weighted by Crippen LogP contribution is 2.13. The molecular weight excluding hydrogens is 276 g/mol. The van der Waals surface area contributed by atoms with E-state index in [0.29, 0.717) is 6.54 Å². The van der Waals surface area contributed by atoms with Crippen molar-refractivity contribution in [3.8, 4) is 0 Å². The number of amides is 1. The van der Waals surface area contributed by atoms with Crippen molar-refractivity contribution in [2.45, 2.75) is 32.8 Å². The molecule has 1 aromatic rings. The van der Waals surface area contributed by atoms with E-state index in [1.54, 1.807) is 11.9 Å². The van der Waals surface area contributed by atoms with Crippen LogP contribution in [0, 0.1) is 0 Å². The molecule has 5 heteroatoms. The van der Waals surface area contributed by atoms with Gasteiger partial charge in [0.15, 0.2) is 0 Å². The highest BCUT2D eigenvalue weighted by molar-refractivity contribution is 6.30. The zero-order valence-corrected chi connectivity index (χ0v) is 13.3. The summed E-state index contributed by atoms with van der Waals surface area (Å²) in [5.74, 6) is 0. The Hall–Kier alpha value is -1.42.